The molecular weight excluding hydrogens is 318 g/mol. The van der Waals surface area contributed by atoms with Gasteiger partial charge in [-0.25, -0.2) is 0 Å². The second kappa shape index (κ2) is 7.57. The van der Waals surface area contributed by atoms with Gasteiger partial charge in [0.25, 0.3) is 0 Å². The standard InChI is InChI=1S/C19H17N3OS/c1-23-18-12-5-4-11-17(18)21-19(24)22-20-13-15-9-6-8-14-7-2-3-10-16(14)15/h2-13H,1H3,(H2,21,22,24). The largest absolute Gasteiger partial charge is 0.495 e. The zero-order valence-electron chi connectivity index (χ0n) is 13.2. The summed E-state index contributed by atoms with van der Waals surface area (Å²) < 4.78 is 5.28. The zero-order valence-corrected chi connectivity index (χ0v) is 14.0. The fraction of sp³-hybridized carbons (Fsp3) is 0.0526. The Morgan fingerprint density at radius 2 is 1.75 bits per heavy atom. The van der Waals surface area contributed by atoms with E-state index in [0.29, 0.717) is 5.11 Å². The van der Waals surface area contributed by atoms with Gasteiger partial charge < -0.3 is 10.1 Å². The molecule has 0 aromatic heterocycles. The van der Waals surface area contributed by atoms with Crippen LogP contribution in [0.15, 0.2) is 71.8 Å². The fourth-order valence-electron chi connectivity index (χ4n) is 2.42. The summed E-state index contributed by atoms with van der Waals surface area (Å²) in [5.74, 6) is 0.722. The summed E-state index contributed by atoms with van der Waals surface area (Å²) >= 11 is 5.26. The Hall–Kier alpha value is -2.92. The van der Waals surface area contributed by atoms with Crippen molar-refractivity contribution < 1.29 is 4.74 Å². The van der Waals surface area contributed by atoms with Crippen molar-refractivity contribution in [1.82, 2.24) is 5.43 Å². The third-order valence-corrected chi connectivity index (χ3v) is 3.74. The molecule has 0 saturated heterocycles. The van der Waals surface area contributed by atoms with Crippen LogP contribution in [0.2, 0.25) is 0 Å². The molecule has 3 rings (SSSR count). The third-order valence-electron chi connectivity index (χ3n) is 3.55. The van der Waals surface area contributed by atoms with Gasteiger partial charge in [-0.3, -0.25) is 5.43 Å². The second-order valence-corrected chi connectivity index (χ2v) is 5.50. The highest BCUT2D eigenvalue weighted by atomic mass is 32.1. The van der Waals surface area contributed by atoms with Crippen LogP contribution in [-0.2, 0) is 0 Å². The zero-order chi connectivity index (χ0) is 16.8. The Kier molecular flexibility index (Phi) is 5.03. The number of methoxy groups -OCH3 is 1. The summed E-state index contributed by atoms with van der Waals surface area (Å²) in [5.41, 5.74) is 4.65. The second-order valence-electron chi connectivity index (χ2n) is 5.09. The maximum absolute atomic E-state index is 5.28. The smallest absolute Gasteiger partial charge is 0.191 e. The number of hydrazone groups is 1. The van der Waals surface area contributed by atoms with Gasteiger partial charge >= 0.3 is 0 Å². The van der Waals surface area contributed by atoms with Crippen molar-refractivity contribution in [2.75, 3.05) is 12.4 Å². The van der Waals surface area contributed by atoms with Crippen LogP contribution < -0.4 is 15.5 Å². The molecule has 3 aromatic rings. The van der Waals surface area contributed by atoms with E-state index in [2.05, 4.69) is 34.0 Å². The predicted octanol–water partition coefficient (Wildman–Crippen LogP) is 4.17. The minimum Gasteiger partial charge on any atom is -0.495 e. The van der Waals surface area contributed by atoms with E-state index in [-0.39, 0.29) is 0 Å². The molecule has 0 saturated carbocycles. The van der Waals surface area contributed by atoms with E-state index in [0.717, 1.165) is 22.4 Å². The number of hydrogen-bond acceptors (Lipinski definition) is 3. The highest BCUT2D eigenvalue weighted by Crippen LogP contribution is 2.22. The van der Waals surface area contributed by atoms with Crippen molar-refractivity contribution in [3.8, 4) is 5.75 Å². The van der Waals surface area contributed by atoms with E-state index in [1.54, 1.807) is 13.3 Å². The fourth-order valence-corrected chi connectivity index (χ4v) is 2.58. The molecule has 0 heterocycles. The van der Waals surface area contributed by atoms with Crippen molar-refractivity contribution in [3.05, 3.63) is 72.3 Å². The number of fused-ring (bicyclic) bond motifs is 1. The summed E-state index contributed by atoms with van der Waals surface area (Å²) in [6.45, 7) is 0. The van der Waals surface area contributed by atoms with Crippen molar-refractivity contribution in [2.45, 2.75) is 0 Å². The molecular formula is C19H17N3OS. The van der Waals surface area contributed by atoms with Crippen LogP contribution in [0.25, 0.3) is 10.8 Å². The molecule has 0 radical (unpaired) electrons. The van der Waals surface area contributed by atoms with Crippen molar-refractivity contribution in [2.24, 2.45) is 5.10 Å². The molecule has 0 amide bonds. The Morgan fingerprint density at radius 3 is 2.62 bits per heavy atom. The maximum atomic E-state index is 5.28. The lowest BCUT2D eigenvalue weighted by molar-refractivity contribution is 0.417. The summed E-state index contributed by atoms with van der Waals surface area (Å²) in [6, 6.07) is 21.9. The number of nitrogens with one attached hydrogen (secondary N) is 2. The van der Waals surface area contributed by atoms with Crippen molar-refractivity contribution >= 4 is 40.0 Å². The Morgan fingerprint density at radius 1 is 1.00 bits per heavy atom. The maximum Gasteiger partial charge on any atom is 0.191 e. The molecule has 0 fully saturated rings. The molecule has 120 valence electrons. The van der Waals surface area contributed by atoms with Gasteiger partial charge in [-0.15, -0.1) is 0 Å². The first-order valence-corrected chi connectivity index (χ1v) is 7.89. The van der Waals surface area contributed by atoms with Gasteiger partial charge in [-0.2, -0.15) is 5.10 Å². The number of para-hydroxylation sites is 2. The van der Waals surface area contributed by atoms with E-state index < -0.39 is 0 Å². The normalized spacial score (nSPS) is 10.7. The van der Waals surface area contributed by atoms with Gasteiger partial charge in [-0.05, 0) is 35.1 Å². The summed E-state index contributed by atoms with van der Waals surface area (Å²) in [5, 5.41) is 10.0. The minimum atomic E-state index is 0.399. The first-order chi connectivity index (χ1) is 11.8. The number of rotatable bonds is 4. The van der Waals surface area contributed by atoms with Gasteiger partial charge in [-0.1, -0.05) is 54.6 Å². The van der Waals surface area contributed by atoms with Gasteiger partial charge in [0.15, 0.2) is 5.11 Å². The Balaban J connectivity index is 1.68. The quantitative estimate of drug-likeness (QED) is 0.427. The van der Waals surface area contributed by atoms with Crippen LogP contribution in [0.1, 0.15) is 5.56 Å². The van der Waals surface area contributed by atoms with Gasteiger partial charge in [0, 0.05) is 5.56 Å². The number of nitrogens with zero attached hydrogens (tertiary/aromatic N) is 1. The van der Waals surface area contributed by atoms with E-state index in [4.69, 9.17) is 17.0 Å². The predicted molar refractivity (Wildman–Crippen MR) is 104 cm³/mol. The van der Waals surface area contributed by atoms with E-state index in [1.165, 1.54) is 5.39 Å². The van der Waals surface area contributed by atoms with Crippen LogP contribution in [0.4, 0.5) is 5.69 Å². The van der Waals surface area contributed by atoms with Crippen molar-refractivity contribution in [3.63, 3.8) is 0 Å². The van der Waals surface area contributed by atoms with Gasteiger partial charge in [0.05, 0.1) is 19.0 Å². The lowest BCUT2D eigenvalue weighted by Crippen LogP contribution is -2.24. The highest BCUT2D eigenvalue weighted by molar-refractivity contribution is 7.80. The first-order valence-electron chi connectivity index (χ1n) is 7.49. The van der Waals surface area contributed by atoms with E-state index in [1.807, 2.05) is 48.5 Å². The molecule has 0 bridgehead atoms. The van der Waals surface area contributed by atoms with Crippen LogP contribution >= 0.6 is 12.2 Å². The molecule has 0 aliphatic heterocycles. The molecule has 0 aliphatic rings. The van der Waals surface area contributed by atoms with Crippen LogP contribution in [0.5, 0.6) is 5.75 Å². The summed E-state index contributed by atoms with van der Waals surface area (Å²) in [6.07, 6.45) is 1.76. The van der Waals surface area contributed by atoms with Crippen molar-refractivity contribution in [1.29, 1.82) is 0 Å². The number of benzene rings is 3. The van der Waals surface area contributed by atoms with Crippen LogP contribution in [0, 0.1) is 0 Å². The lowest BCUT2D eigenvalue weighted by Gasteiger charge is -2.10. The average Bonchev–Trinajstić information content (AvgIpc) is 2.62. The summed E-state index contributed by atoms with van der Waals surface area (Å²) in [7, 11) is 1.62. The molecule has 5 heteroatoms. The minimum absolute atomic E-state index is 0.399. The molecule has 0 unspecified atom stereocenters. The molecule has 3 aromatic carbocycles. The third kappa shape index (κ3) is 3.70. The number of thiocarbonyl (C=S) groups is 1. The lowest BCUT2D eigenvalue weighted by atomic mass is 10.1. The first kappa shape index (κ1) is 16.0. The molecule has 24 heavy (non-hydrogen) atoms. The number of anilines is 1. The SMILES string of the molecule is COc1ccccc1NC(=S)NN=Cc1cccc2ccccc12. The van der Waals surface area contributed by atoms with Gasteiger partial charge in [0.2, 0.25) is 0 Å². The molecule has 4 nitrogen and oxygen atoms in total. The van der Waals surface area contributed by atoms with Gasteiger partial charge in [0.1, 0.15) is 5.75 Å². The monoisotopic (exact) mass is 335 g/mol. The van der Waals surface area contributed by atoms with E-state index >= 15 is 0 Å². The molecule has 0 aliphatic carbocycles. The van der Waals surface area contributed by atoms with Crippen LogP contribution in [-0.4, -0.2) is 18.4 Å². The Bertz CT molecular complexity index is 887. The summed E-state index contributed by atoms with van der Waals surface area (Å²) in [4.78, 5) is 0. The van der Waals surface area contributed by atoms with Crippen LogP contribution in [0.3, 0.4) is 0 Å². The topological polar surface area (TPSA) is 45.6 Å². The molecule has 0 atom stereocenters. The average molecular weight is 335 g/mol. The number of hydrogen-bond donors (Lipinski definition) is 2. The van der Waals surface area contributed by atoms with E-state index in [9.17, 15) is 0 Å². The Labute approximate surface area is 146 Å². The molecule has 0 spiro atoms. The number of ether oxygens (including phenoxy) is 1. The highest BCUT2D eigenvalue weighted by Gasteiger charge is 2.03. The molecule has 2 N–H and O–H groups in total.